The topological polar surface area (TPSA) is 78.5 Å². The van der Waals surface area contributed by atoms with Gasteiger partial charge in [0.1, 0.15) is 17.6 Å². The second kappa shape index (κ2) is 13.0. The molecule has 0 saturated carbocycles. The first kappa shape index (κ1) is 20.3. The van der Waals surface area contributed by atoms with Crippen molar-refractivity contribution >= 4 is 52.5 Å². The molecule has 0 bridgehead atoms. The third-order valence-corrected chi connectivity index (χ3v) is 3.28. The van der Waals surface area contributed by atoms with Gasteiger partial charge in [0.2, 0.25) is 17.7 Å². The number of hydrogen-bond donors (Lipinski definition) is 2. The van der Waals surface area contributed by atoms with Crippen LogP contribution in [0.4, 0.5) is 0 Å². The van der Waals surface area contributed by atoms with Gasteiger partial charge in [-0.3, -0.25) is 14.4 Å². The van der Waals surface area contributed by atoms with E-state index in [2.05, 4.69) is 10.6 Å². The molecular weight excluding hydrogens is 341 g/mol. The van der Waals surface area contributed by atoms with Crippen molar-refractivity contribution in [1.82, 2.24) is 15.5 Å². The van der Waals surface area contributed by atoms with Gasteiger partial charge in [-0.25, -0.2) is 0 Å². The zero-order chi connectivity index (χ0) is 16.1. The van der Waals surface area contributed by atoms with Crippen LogP contribution in [0.15, 0.2) is 0 Å². The molecule has 0 aromatic heterocycles. The third-order valence-electron chi connectivity index (χ3n) is 2.56. The lowest BCUT2D eigenvalue weighted by Gasteiger charge is -2.22. The van der Waals surface area contributed by atoms with E-state index in [1.54, 1.807) is 4.90 Å². The molecule has 0 fully saturated rings. The van der Waals surface area contributed by atoms with Crippen LogP contribution in [0.3, 0.4) is 0 Å². The zero-order valence-electron chi connectivity index (χ0n) is 11.7. The van der Waals surface area contributed by atoms with Gasteiger partial charge in [0.15, 0.2) is 0 Å². The SMILES string of the molecule is O=C(CCl)NCCCN(CCCNC(=O)CCl)C(=O)CCl. The van der Waals surface area contributed by atoms with Crippen LogP contribution in [-0.4, -0.2) is 66.4 Å². The van der Waals surface area contributed by atoms with E-state index in [1.807, 2.05) is 0 Å². The van der Waals surface area contributed by atoms with Gasteiger partial charge in [-0.2, -0.15) is 0 Å². The van der Waals surface area contributed by atoms with Crippen molar-refractivity contribution in [1.29, 1.82) is 0 Å². The highest BCUT2D eigenvalue weighted by Crippen LogP contribution is 1.97. The van der Waals surface area contributed by atoms with Crippen LogP contribution in [0.2, 0.25) is 0 Å². The first-order valence-electron chi connectivity index (χ1n) is 6.54. The van der Waals surface area contributed by atoms with Crippen LogP contribution in [-0.2, 0) is 14.4 Å². The Kier molecular flexibility index (Phi) is 12.5. The molecule has 2 N–H and O–H groups in total. The smallest absolute Gasteiger partial charge is 0.237 e. The molecule has 0 rings (SSSR count). The number of halogens is 3. The van der Waals surface area contributed by atoms with Crippen LogP contribution < -0.4 is 10.6 Å². The van der Waals surface area contributed by atoms with Gasteiger partial charge < -0.3 is 15.5 Å². The van der Waals surface area contributed by atoms with Crippen molar-refractivity contribution in [3.63, 3.8) is 0 Å². The van der Waals surface area contributed by atoms with Gasteiger partial charge in [-0.1, -0.05) is 0 Å². The summed E-state index contributed by atoms with van der Waals surface area (Å²) in [6.45, 7) is 1.86. The number of alkyl halides is 3. The standard InChI is InChI=1S/C12H20Cl3N3O3/c13-7-10(19)16-3-1-5-18(12(21)9-15)6-2-4-17-11(20)8-14/h1-9H2,(H,16,19)(H,17,20). The molecule has 0 aromatic rings. The second-order valence-corrected chi connectivity index (χ2v) is 4.99. The summed E-state index contributed by atoms with van der Waals surface area (Å²) in [5.74, 6) is -0.910. The lowest BCUT2D eigenvalue weighted by Crippen LogP contribution is -2.37. The van der Waals surface area contributed by atoms with Gasteiger partial charge in [0, 0.05) is 26.2 Å². The maximum absolute atomic E-state index is 11.7. The first-order valence-corrected chi connectivity index (χ1v) is 8.14. The maximum atomic E-state index is 11.7. The molecule has 9 heteroatoms. The van der Waals surface area contributed by atoms with Crippen LogP contribution in [0.1, 0.15) is 12.8 Å². The first-order chi connectivity index (χ1) is 10.0. The maximum Gasteiger partial charge on any atom is 0.237 e. The predicted octanol–water partition coefficient (Wildman–Crippen LogP) is 0.544. The number of hydrogen-bond acceptors (Lipinski definition) is 3. The highest BCUT2D eigenvalue weighted by molar-refractivity contribution is 6.27. The molecule has 0 aliphatic carbocycles. The summed E-state index contributed by atoms with van der Waals surface area (Å²) in [5, 5.41) is 5.24. The minimum absolute atomic E-state index is 0.0788. The third kappa shape index (κ3) is 10.6. The molecule has 3 amide bonds. The van der Waals surface area contributed by atoms with Crippen molar-refractivity contribution in [2.75, 3.05) is 43.8 Å². The van der Waals surface area contributed by atoms with Gasteiger partial charge in [-0.15, -0.1) is 34.8 Å². The summed E-state index contributed by atoms with van der Waals surface area (Å²) in [6.07, 6.45) is 1.22. The van der Waals surface area contributed by atoms with E-state index in [1.165, 1.54) is 0 Å². The Morgan fingerprint density at radius 2 is 1.19 bits per heavy atom. The molecule has 0 heterocycles. The van der Waals surface area contributed by atoms with E-state index >= 15 is 0 Å². The van der Waals surface area contributed by atoms with Crippen molar-refractivity contribution in [2.24, 2.45) is 0 Å². The average Bonchev–Trinajstić information content (AvgIpc) is 2.51. The van der Waals surface area contributed by atoms with E-state index in [9.17, 15) is 14.4 Å². The fourth-order valence-electron chi connectivity index (χ4n) is 1.54. The molecule has 122 valence electrons. The van der Waals surface area contributed by atoms with Gasteiger partial charge in [0.25, 0.3) is 0 Å². The van der Waals surface area contributed by atoms with Gasteiger partial charge >= 0.3 is 0 Å². The lowest BCUT2D eigenvalue weighted by molar-refractivity contribution is -0.128. The number of carbonyl (C=O) groups is 3. The minimum Gasteiger partial charge on any atom is -0.355 e. The summed E-state index contributed by atoms with van der Waals surface area (Å²) in [7, 11) is 0. The van der Waals surface area contributed by atoms with E-state index < -0.39 is 0 Å². The van der Waals surface area contributed by atoms with Crippen LogP contribution in [0.25, 0.3) is 0 Å². The monoisotopic (exact) mass is 359 g/mol. The largest absolute Gasteiger partial charge is 0.355 e. The molecule has 0 saturated heterocycles. The minimum atomic E-state index is -0.240. The molecule has 0 aliphatic heterocycles. The average molecular weight is 361 g/mol. The summed E-state index contributed by atoms with van der Waals surface area (Å²) < 4.78 is 0. The number of rotatable bonds is 11. The molecule has 21 heavy (non-hydrogen) atoms. The van der Waals surface area contributed by atoms with Crippen LogP contribution in [0.5, 0.6) is 0 Å². The van der Waals surface area contributed by atoms with Gasteiger partial charge in [0.05, 0.1) is 0 Å². The number of carbonyl (C=O) groups excluding carboxylic acids is 3. The predicted molar refractivity (Wildman–Crippen MR) is 84.0 cm³/mol. The molecular formula is C12H20Cl3N3O3. The molecule has 0 atom stereocenters. The summed E-state index contributed by atoms with van der Waals surface area (Å²) in [5.41, 5.74) is 0. The fourth-order valence-corrected chi connectivity index (χ4v) is 1.89. The Balaban J connectivity index is 3.95. The summed E-state index contributed by atoms with van der Waals surface area (Å²) in [6, 6.07) is 0. The van der Waals surface area contributed by atoms with Crippen molar-refractivity contribution in [3.8, 4) is 0 Å². The number of amides is 3. The number of nitrogens with one attached hydrogen (secondary N) is 2. The highest BCUT2D eigenvalue weighted by atomic mass is 35.5. The van der Waals surface area contributed by atoms with Crippen molar-refractivity contribution < 1.29 is 14.4 Å². The Labute approximate surface area is 139 Å². The Morgan fingerprint density at radius 1 is 0.762 bits per heavy atom. The highest BCUT2D eigenvalue weighted by Gasteiger charge is 2.11. The summed E-state index contributed by atoms with van der Waals surface area (Å²) in [4.78, 5) is 35.2. The molecule has 6 nitrogen and oxygen atoms in total. The van der Waals surface area contributed by atoms with Crippen LogP contribution in [0, 0.1) is 0 Å². The Bertz CT molecular complexity index is 319. The summed E-state index contributed by atoms with van der Waals surface area (Å²) >= 11 is 16.3. The fraction of sp³-hybridized carbons (Fsp3) is 0.750. The zero-order valence-corrected chi connectivity index (χ0v) is 13.9. The number of nitrogens with zero attached hydrogens (tertiary/aromatic N) is 1. The van der Waals surface area contributed by atoms with E-state index in [-0.39, 0.29) is 35.4 Å². The van der Waals surface area contributed by atoms with Crippen LogP contribution >= 0.6 is 34.8 Å². The van der Waals surface area contributed by atoms with Crippen molar-refractivity contribution in [2.45, 2.75) is 12.8 Å². The molecule has 0 spiro atoms. The van der Waals surface area contributed by atoms with E-state index in [0.717, 1.165) is 0 Å². The Hall–Kier alpha value is -0.720. The lowest BCUT2D eigenvalue weighted by atomic mass is 10.3. The molecule has 0 aliphatic rings. The molecule has 0 aromatic carbocycles. The van der Waals surface area contributed by atoms with E-state index in [0.29, 0.717) is 39.0 Å². The molecule has 0 radical (unpaired) electrons. The normalized spacial score (nSPS) is 10.0. The Morgan fingerprint density at radius 3 is 1.52 bits per heavy atom. The van der Waals surface area contributed by atoms with E-state index in [4.69, 9.17) is 34.8 Å². The quantitative estimate of drug-likeness (QED) is 0.417. The van der Waals surface area contributed by atoms with Gasteiger partial charge in [-0.05, 0) is 12.8 Å². The molecule has 0 unspecified atom stereocenters. The van der Waals surface area contributed by atoms with Crippen molar-refractivity contribution in [3.05, 3.63) is 0 Å². The second-order valence-electron chi connectivity index (χ2n) is 4.19.